The highest BCUT2D eigenvalue weighted by Crippen LogP contribution is 2.31. The number of nitrogens with zero attached hydrogens (tertiary/aromatic N) is 6. The van der Waals surface area contributed by atoms with E-state index in [4.69, 9.17) is 4.98 Å². The van der Waals surface area contributed by atoms with Crippen molar-refractivity contribution in [1.29, 1.82) is 0 Å². The van der Waals surface area contributed by atoms with Gasteiger partial charge in [-0.2, -0.15) is 4.98 Å². The number of para-hydroxylation sites is 1. The largest absolute Gasteiger partial charge is 0.329 e. The summed E-state index contributed by atoms with van der Waals surface area (Å²) in [6.07, 6.45) is 1.67. The molecule has 0 unspecified atom stereocenters. The highest BCUT2D eigenvalue weighted by molar-refractivity contribution is 6.06. The van der Waals surface area contributed by atoms with Crippen LogP contribution in [0, 0.1) is 6.92 Å². The lowest BCUT2D eigenvalue weighted by molar-refractivity contribution is 0.0993. The summed E-state index contributed by atoms with van der Waals surface area (Å²) in [5, 5.41) is 9.15. The number of rotatable bonds is 4. The molecule has 158 valence electrons. The van der Waals surface area contributed by atoms with Gasteiger partial charge in [0, 0.05) is 36.4 Å². The van der Waals surface area contributed by atoms with Crippen molar-refractivity contribution < 1.29 is 4.79 Å². The third kappa shape index (κ3) is 3.33. The smallest absolute Gasteiger partial charge is 0.258 e. The molecule has 2 heterocycles. The zero-order chi connectivity index (χ0) is 22.2. The summed E-state index contributed by atoms with van der Waals surface area (Å²) in [5.41, 5.74) is 4.43. The fourth-order valence-electron chi connectivity index (χ4n) is 3.85. The second kappa shape index (κ2) is 7.77. The second-order valence-electron chi connectivity index (χ2n) is 7.77. The molecule has 0 saturated heterocycles. The van der Waals surface area contributed by atoms with Crippen molar-refractivity contribution in [2.45, 2.75) is 6.92 Å². The summed E-state index contributed by atoms with van der Waals surface area (Å²) in [5.74, 6) is 1.20. The molecule has 0 spiro atoms. The van der Waals surface area contributed by atoms with Crippen LogP contribution in [0.3, 0.4) is 0 Å². The highest BCUT2D eigenvalue weighted by Gasteiger charge is 2.18. The van der Waals surface area contributed by atoms with Gasteiger partial charge in [-0.3, -0.25) is 9.20 Å². The van der Waals surface area contributed by atoms with Gasteiger partial charge in [0.25, 0.3) is 11.7 Å². The van der Waals surface area contributed by atoms with E-state index in [1.54, 1.807) is 18.3 Å². The quantitative estimate of drug-likeness (QED) is 0.422. The maximum absolute atomic E-state index is 13.1. The number of carbonyl (C=O) groups is 1. The number of benzene rings is 3. The molecule has 0 aliphatic carbocycles. The van der Waals surface area contributed by atoms with Crippen LogP contribution in [0.25, 0.3) is 16.7 Å². The summed E-state index contributed by atoms with van der Waals surface area (Å²) in [7, 11) is 3.73. The summed E-state index contributed by atoms with van der Waals surface area (Å²) >= 11 is 0. The third-order valence-electron chi connectivity index (χ3n) is 5.64. The Bertz CT molecular complexity index is 1440. The molecule has 5 aromatic rings. The number of hydrogen-bond acceptors (Lipinski definition) is 5. The van der Waals surface area contributed by atoms with E-state index in [9.17, 15) is 4.79 Å². The molecule has 0 atom stereocenters. The van der Waals surface area contributed by atoms with Crippen molar-refractivity contribution in [3.8, 4) is 0 Å². The first-order valence-electron chi connectivity index (χ1n) is 10.3. The topological polar surface area (TPSA) is 66.6 Å². The number of anilines is 3. The number of hydrogen-bond donors (Lipinski definition) is 0. The fourth-order valence-corrected chi connectivity index (χ4v) is 3.85. The Morgan fingerprint density at radius 2 is 1.69 bits per heavy atom. The molecule has 32 heavy (non-hydrogen) atoms. The van der Waals surface area contributed by atoms with Gasteiger partial charge in [0.05, 0.1) is 5.52 Å². The van der Waals surface area contributed by atoms with Gasteiger partial charge >= 0.3 is 0 Å². The van der Waals surface area contributed by atoms with E-state index in [0.717, 1.165) is 33.7 Å². The summed E-state index contributed by atoms with van der Waals surface area (Å²) in [6.45, 7) is 2.05. The number of carbonyl (C=O) groups excluding carboxylic acids is 1. The molecule has 1 amide bonds. The number of aromatic nitrogens is 4. The standard InChI is InChI=1S/C25H22N6O/c1-17-12-13-21-22(14-17)31-16-26-28-25(31)27-23(21)29(2)20-11-7-8-18(15-20)24(32)30(3)19-9-5-4-6-10-19/h4-16H,1-3H3. The molecule has 5 rings (SSSR count). The molecular weight excluding hydrogens is 400 g/mol. The van der Waals surface area contributed by atoms with Gasteiger partial charge in [0.15, 0.2) is 0 Å². The summed E-state index contributed by atoms with van der Waals surface area (Å²) in [4.78, 5) is 21.5. The van der Waals surface area contributed by atoms with Crippen LogP contribution in [0.4, 0.5) is 17.2 Å². The first kappa shape index (κ1) is 19.7. The Morgan fingerprint density at radius 1 is 0.906 bits per heavy atom. The molecule has 0 fully saturated rings. The lowest BCUT2D eigenvalue weighted by atomic mass is 10.1. The fraction of sp³-hybridized carbons (Fsp3) is 0.120. The first-order valence-corrected chi connectivity index (χ1v) is 10.3. The van der Waals surface area contributed by atoms with Crippen LogP contribution in [-0.2, 0) is 0 Å². The normalized spacial score (nSPS) is 11.1. The minimum absolute atomic E-state index is 0.0761. The Balaban J connectivity index is 1.56. The van der Waals surface area contributed by atoms with E-state index in [1.807, 2.05) is 70.9 Å². The van der Waals surface area contributed by atoms with Crippen molar-refractivity contribution in [3.05, 3.63) is 90.3 Å². The second-order valence-corrected chi connectivity index (χ2v) is 7.77. The van der Waals surface area contributed by atoms with E-state index in [1.165, 1.54) is 0 Å². The Kier molecular flexibility index (Phi) is 4.78. The van der Waals surface area contributed by atoms with E-state index < -0.39 is 0 Å². The van der Waals surface area contributed by atoms with Gasteiger partial charge in [-0.1, -0.05) is 30.3 Å². The predicted octanol–water partition coefficient (Wildman–Crippen LogP) is 4.63. The monoisotopic (exact) mass is 422 g/mol. The molecule has 3 aromatic carbocycles. The van der Waals surface area contributed by atoms with Crippen LogP contribution < -0.4 is 9.80 Å². The maximum Gasteiger partial charge on any atom is 0.258 e. The molecule has 0 aliphatic rings. The van der Waals surface area contributed by atoms with E-state index >= 15 is 0 Å². The van der Waals surface area contributed by atoms with Gasteiger partial charge < -0.3 is 9.80 Å². The van der Waals surface area contributed by atoms with E-state index in [-0.39, 0.29) is 5.91 Å². The van der Waals surface area contributed by atoms with Crippen LogP contribution >= 0.6 is 0 Å². The minimum atomic E-state index is -0.0761. The van der Waals surface area contributed by atoms with Crippen molar-refractivity contribution >= 4 is 39.8 Å². The first-order chi connectivity index (χ1) is 15.5. The average Bonchev–Trinajstić information content (AvgIpc) is 3.32. The molecule has 0 aliphatic heterocycles. The molecule has 0 bridgehead atoms. The van der Waals surface area contributed by atoms with Gasteiger partial charge in [-0.15, -0.1) is 10.2 Å². The Labute approximate surface area is 185 Å². The Morgan fingerprint density at radius 3 is 2.50 bits per heavy atom. The Hall–Kier alpha value is -4.26. The lowest BCUT2D eigenvalue weighted by Gasteiger charge is -2.22. The SMILES string of the molecule is Cc1ccc2c(N(C)c3cccc(C(=O)N(C)c4ccccc4)c3)nc3nncn3c2c1. The lowest BCUT2D eigenvalue weighted by Crippen LogP contribution is -2.26. The third-order valence-corrected chi connectivity index (χ3v) is 5.64. The van der Waals surface area contributed by atoms with Gasteiger partial charge in [0.1, 0.15) is 12.1 Å². The van der Waals surface area contributed by atoms with Crippen LogP contribution in [0.5, 0.6) is 0 Å². The van der Waals surface area contributed by atoms with Crippen molar-refractivity contribution in [2.75, 3.05) is 23.9 Å². The van der Waals surface area contributed by atoms with Gasteiger partial charge in [0.2, 0.25) is 0 Å². The molecule has 2 aromatic heterocycles. The van der Waals surface area contributed by atoms with Crippen molar-refractivity contribution in [2.24, 2.45) is 0 Å². The van der Waals surface area contributed by atoms with Crippen LogP contribution in [0.1, 0.15) is 15.9 Å². The zero-order valence-electron chi connectivity index (χ0n) is 18.1. The maximum atomic E-state index is 13.1. The van der Waals surface area contributed by atoms with Crippen molar-refractivity contribution in [3.63, 3.8) is 0 Å². The number of amides is 1. The van der Waals surface area contributed by atoms with Crippen LogP contribution in [0.2, 0.25) is 0 Å². The molecule has 0 radical (unpaired) electrons. The summed E-state index contributed by atoms with van der Waals surface area (Å²) in [6, 6.07) is 23.4. The van der Waals surface area contributed by atoms with Crippen LogP contribution in [0.15, 0.2) is 79.1 Å². The highest BCUT2D eigenvalue weighted by atomic mass is 16.2. The molecule has 0 N–H and O–H groups in total. The molecule has 0 saturated carbocycles. The van der Waals surface area contributed by atoms with Crippen molar-refractivity contribution in [1.82, 2.24) is 19.6 Å². The summed E-state index contributed by atoms with van der Waals surface area (Å²) < 4.78 is 1.88. The zero-order valence-corrected chi connectivity index (χ0v) is 18.1. The number of fused-ring (bicyclic) bond motifs is 3. The molecule has 7 heteroatoms. The van der Waals surface area contributed by atoms with Gasteiger partial charge in [-0.05, 0) is 55.0 Å². The predicted molar refractivity (Wildman–Crippen MR) is 127 cm³/mol. The van der Waals surface area contributed by atoms with Gasteiger partial charge in [-0.25, -0.2) is 0 Å². The molecule has 7 nitrogen and oxygen atoms in total. The van der Waals surface area contributed by atoms with E-state index in [0.29, 0.717) is 11.3 Å². The number of aryl methyl sites for hydroxylation is 1. The van der Waals surface area contributed by atoms with Crippen LogP contribution in [-0.4, -0.2) is 39.6 Å². The molecular formula is C25H22N6O. The average molecular weight is 422 g/mol. The van der Waals surface area contributed by atoms with E-state index in [2.05, 4.69) is 35.3 Å². The minimum Gasteiger partial charge on any atom is -0.329 e.